The molecular weight excluding hydrogens is 267 g/mol. The van der Waals surface area contributed by atoms with Crippen LogP contribution in [0.1, 0.15) is 42.4 Å². The van der Waals surface area contributed by atoms with Crippen molar-refractivity contribution in [3.05, 3.63) is 65.2 Å². The first-order valence-electron chi connectivity index (χ1n) is 7.74. The Bertz CT molecular complexity index is 699. The van der Waals surface area contributed by atoms with Gasteiger partial charge in [-0.25, -0.2) is 0 Å². The van der Waals surface area contributed by atoms with Crippen LogP contribution in [0.4, 0.5) is 0 Å². The molecule has 2 rings (SSSR count). The average molecular weight is 288 g/mol. The number of aliphatic imine (C=N–C) groups is 1. The van der Waals surface area contributed by atoms with E-state index in [0.717, 1.165) is 24.1 Å². The lowest BCUT2D eigenvalue weighted by Gasteiger charge is -2.18. The number of hydrogen-bond donors (Lipinski definition) is 0. The quantitative estimate of drug-likeness (QED) is 0.473. The summed E-state index contributed by atoms with van der Waals surface area (Å²) in [5.74, 6) is 0.383. The molecule has 0 fully saturated rings. The molecule has 0 bridgehead atoms. The molecule has 0 heterocycles. The maximum absolute atomic E-state index is 9.08. The minimum absolute atomic E-state index is 0.383. The van der Waals surface area contributed by atoms with Crippen molar-refractivity contribution >= 4 is 19.0 Å². The fourth-order valence-electron chi connectivity index (χ4n) is 2.78. The number of aryl methyl sites for hydroxylation is 1. The lowest BCUT2D eigenvalue weighted by molar-refractivity contribution is 0.691. The Hall–Kier alpha value is -2.34. The number of nitriles is 1. The molecule has 2 aromatic rings. The van der Waals surface area contributed by atoms with Gasteiger partial charge in [0, 0.05) is 0 Å². The third-order valence-corrected chi connectivity index (χ3v) is 4.09. The highest BCUT2D eigenvalue weighted by Gasteiger charge is 2.16. The van der Waals surface area contributed by atoms with E-state index in [-0.39, 0.29) is 0 Å². The second-order valence-electron chi connectivity index (χ2n) is 5.70. The second-order valence-corrected chi connectivity index (χ2v) is 5.70. The molecular formula is C19H21BN2. The first-order chi connectivity index (χ1) is 10.7. The van der Waals surface area contributed by atoms with Crippen molar-refractivity contribution in [2.24, 2.45) is 4.99 Å². The van der Waals surface area contributed by atoms with Crippen molar-refractivity contribution in [3.63, 3.8) is 0 Å². The predicted octanol–water partition coefficient (Wildman–Crippen LogP) is 3.11. The van der Waals surface area contributed by atoms with E-state index in [4.69, 9.17) is 5.26 Å². The predicted molar refractivity (Wildman–Crippen MR) is 95.6 cm³/mol. The van der Waals surface area contributed by atoms with Gasteiger partial charge in [-0.15, -0.1) is 0 Å². The van der Waals surface area contributed by atoms with Crippen molar-refractivity contribution in [2.75, 3.05) is 0 Å². The third-order valence-electron chi connectivity index (χ3n) is 4.09. The van der Waals surface area contributed by atoms with Gasteiger partial charge < -0.3 is 0 Å². The van der Waals surface area contributed by atoms with Gasteiger partial charge in [-0.2, -0.15) is 10.3 Å². The van der Waals surface area contributed by atoms with E-state index in [1.807, 2.05) is 12.3 Å². The standard InChI is InChI=1S/C19H21BN2/c1-3-15(16-7-5-4-6-8-16)11-19(22-13-21)18-12-17(20)10-9-14(18)2/h4-10,12,15H,3,11,20H2,1-2H3/b22-19+. The first kappa shape index (κ1) is 16.0. The van der Waals surface area contributed by atoms with Gasteiger partial charge in [-0.3, -0.25) is 0 Å². The highest BCUT2D eigenvalue weighted by atomic mass is 14.7. The van der Waals surface area contributed by atoms with Gasteiger partial charge in [0.1, 0.15) is 7.85 Å². The van der Waals surface area contributed by atoms with Crippen LogP contribution in [-0.4, -0.2) is 13.6 Å². The van der Waals surface area contributed by atoms with E-state index in [2.05, 4.69) is 69.2 Å². The summed E-state index contributed by atoms with van der Waals surface area (Å²) in [6, 6.07) is 16.8. The summed E-state index contributed by atoms with van der Waals surface area (Å²) >= 11 is 0. The molecule has 0 aliphatic rings. The number of hydrogen-bond acceptors (Lipinski definition) is 2. The zero-order valence-corrected chi connectivity index (χ0v) is 13.5. The zero-order valence-electron chi connectivity index (χ0n) is 13.5. The van der Waals surface area contributed by atoms with Crippen molar-refractivity contribution in [1.29, 1.82) is 5.26 Å². The number of rotatable bonds is 5. The molecule has 0 saturated carbocycles. The van der Waals surface area contributed by atoms with Crippen molar-refractivity contribution in [3.8, 4) is 6.19 Å². The number of benzene rings is 2. The average Bonchev–Trinajstić information content (AvgIpc) is 2.54. The molecule has 0 aliphatic heterocycles. The summed E-state index contributed by atoms with van der Waals surface area (Å²) in [5, 5.41) is 9.08. The Morgan fingerprint density at radius 3 is 2.59 bits per heavy atom. The topological polar surface area (TPSA) is 36.1 Å². The molecule has 0 aromatic heterocycles. The van der Waals surface area contributed by atoms with E-state index in [0.29, 0.717) is 5.92 Å². The summed E-state index contributed by atoms with van der Waals surface area (Å²) in [5.41, 5.74) is 5.65. The van der Waals surface area contributed by atoms with Gasteiger partial charge in [0.25, 0.3) is 0 Å². The van der Waals surface area contributed by atoms with Crippen LogP contribution in [0.25, 0.3) is 0 Å². The molecule has 0 radical (unpaired) electrons. The molecule has 1 unspecified atom stereocenters. The molecule has 0 saturated heterocycles. The Balaban J connectivity index is 2.35. The molecule has 0 aliphatic carbocycles. The van der Waals surface area contributed by atoms with E-state index in [1.54, 1.807) is 0 Å². The zero-order chi connectivity index (χ0) is 15.9. The lowest BCUT2D eigenvalue weighted by atomic mass is 9.85. The largest absolute Gasteiger partial charge is 0.205 e. The maximum Gasteiger partial charge on any atom is 0.205 e. The van der Waals surface area contributed by atoms with Crippen LogP contribution in [0.5, 0.6) is 0 Å². The summed E-state index contributed by atoms with van der Waals surface area (Å²) in [7, 11) is 2.07. The minimum Gasteiger partial charge on any atom is -0.178 e. The van der Waals surface area contributed by atoms with Gasteiger partial charge in [0.15, 0.2) is 0 Å². The first-order valence-corrected chi connectivity index (χ1v) is 7.74. The third kappa shape index (κ3) is 3.86. The monoisotopic (exact) mass is 288 g/mol. The highest BCUT2D eigenvalue weighted by Crippen LogP contribution is 2.26. The van der Waals surface area contributed by atoms with Crippen molar-refractivity contribution in [2.45, 2.75) is 32.6 Å². The normalized spacial score (nSPS) is 12.7. The van der Waals surface area contributed by atoms with Crippen molar-refractivity contribution < 1.29 is 0 Å². The Morgan fingerprint density at radius 1 is 1.23 bits per heavy atom. The van der Waals surface area contributed by atoms with Gasteiger partial charge in [-0.1, -0.05) is 60.9 Å². The molecule has 1 atom stereocenters. The van der Waals surface area contributed by atoms with Gasteiger partial charge in [-0.05, 0) is 42.4 Å². The minimum atomic E-state index is 0.383. The van der Waals surface area contributed by atoms with Crippen LogP contribution in [-0.2, 0) is 0 Å². The molecule has 22 heavy (non-hydrogen) atoms. The molecule has 0 N–H and O–H groups in total. The van der Waals surface area contributed by atoms with Crippen LogP contribution in [0.3, 0.4) is 0 Å². The van der Waals surface area contributed by atoms with Gasteiger partial charge in [0.2, 0.25) is 6.19 Å². The maximum atomic E-state index is 9.08. The molecule has 3 heteroatoms. The van der Waals surface area contributed by atoms with Crippen LogP contribution in [0.2, 0.25) is 0 Å². The Labute approximate surface area is 133 Å². The molecule has 2 nitrogen and oxygen atoms in total. The van der Waals surface area contributed by atoms with E-state index < -0.39 is 0 Å². The van der Waals surface area contributed by atoms with E-state index in [1.165, 1.54) is 16.6 Å². The van der Waals surface area contributed by atoms with Crippen LogP contribution < -0.4 is 5.46 Å². The van der Waals surface area contributed by atoms with Gasteiger partial charge in [0.05, 0.1) is 5.71 Å². The second kappa shape index (κ2) is 7.61. The van der Waals surface area contributed by atoms with E-state index >= 15 is 0 Å². The summed E-state index contributed by atoms with van der Waals surface area (Å²) in [6.07, 6.45) is 3.80. The Morgan fingerprint density at radius 2 is 1.95 bits per heavy atom. The van der Waals surface area contributed by atoms with E-state index in [9.17, 15) is 0 Å². The molecule has 2 aromatic carbocycles. The SMILES string of the molecule is Bc1ccc(C)c(/C(CC(CC)c2ccccc2)=N/C#N)c1. The number of nitrogens with zero attached hydrogens (tertiary/aromatic N) is 2. The lowest BCUT2D eigenvalue weighted by Crippen LogP contribution is -2.13. The Kier molecular flexibility index (Phi) is 5.55. The molecule has 0 amide bonds. The fraction of sp³-hybridized carbons (Fsp3) is 0.263. The van der Waals surface area contributed by atoms with Crippen LogP contribution in [0.15, 0.2) is 53.5 Å². The summed E-state index contributed by atoms with van der Waals surface area (Å²) < 4.78 is 0. The highest BCUT2D eigenvalue weighted by molar-refractivity contribution is 6.32. The van der Waals surface area contributed by atoms with Crippen molar-refractivity contribution in [1.82, 2.24) is 0 Å². The molecule has 110 valence electrons. The van der Waals surface area contributed by atoms with Gasteiger partial charge >= 0.3 is 0 Å². The summed E-state index contributed by atoms with van der Waals surface area (Å²) in [6.45, 7) is 4.26. The summed E-state index contributed by atoms with van der Waals surface area (Å²) in [4.78, 5) is 4.13. The van der Waals surface area contributed by atoms with Crippen LogP contribution in [0, 0.1) is 18.4 Å². The smallest absolute Gasteiger partial charge is 0.178 e. The fourth-order valence-corrected chi connectivity index (χ4v) is 2.78. The molecule has 0 spiro atoms. The van der Waals surface area contributed by atoms with Crippen LogP contribution >= 0.6 is 0 Å².